The fraction of sp³-hybridized carbons (Fsp3) is 0.0588. The van der Waals surface area contributed by atoms with E-state index >= 15 is 0 Å². The number of rotatable bonds is 3. The van der Waals surface area contributed by atoms with E-state index in [1.165, 1.54) is 0 Å². The largest absolute Gasteiger partial charge is 0.361 e. The smallest absolute Gasteiger partial charge is 0.313 e. The first-order chi connectivity index (χ1) is 10.7. The molecule has 0 bridgehead atoms. The van der Waals surface area contributed by atoms with Crippen molar-refractivity contribution in [2.75, 3.05) is 5.32 Å². The fourth-order valence-electron chi connectivity index (χ4n) is 2.17. The Balaban J connectivity index is 1.59. The first-order valence-corrected chi connectivity index (χ1v) is 6.92. The van der Waals surface area contributed by atoms with Crippen LogP contribution in [-0.4, -0.2) is 16.8 Å². The third-order valence-electron chi connectivity index (χ3n) is 3.32. The van der Waals surface area contributed by atoms with Gasteiger partial charge in [0.1, 0.15) is 0 Å². The van der Waals surface area contributed by atoms with Crippen molar-refractivity contribution in [3.63, 3.8) is 0 Å². The summed E-state index contributed by atoms with van der Waals surface area (Å²) in [5.74, 6) is -1.34. The molecule has 0 saturated heterocycles. The van der Waals surface area contributed by atoms with Crippen molar-refractivity contribution in [2.24, 2.45) is 0 Å². The molecule has 0 radical (unpaired) electrons. The van der Waals surface area contributed by atoms with E-state index < -0.39 is 11.8 Å². The van der Waals surface area contributed by atoms with Crippen molar-refractivity contribution in [3.8, 4) is 0 Å². The van der Waals surface area contributed by atoms with E-state index in [2.05, 4.69) is 15.6 Å². The molecule has 1 aromatic heterocycles. The van der Waals surface area contributed by atoms with E-state index in [1.807, 2.05) is 48.7 Å². The van der Waals surface area contributed by atoms with E-state index in [1.54, 1.807) is 12.1 Å². The summed E-state index contributed by atoms with van der Waals surface area (Å²) in [6.45, 7) is 0.322. The Hall–Kier alpha value is -3.08. The fourth-order valence-corrected chi connectivity index (χ4v) is 2.17. The molecular formula is C17H15N3O2. The summed E-state index contributed by atoms with van der Waals surface area (Å²) < 4.78 is 0. The minimum Gasteiger partial charge on any atom is -0.361 e. The van der Waals surface area contributed by atoms with Crippen molar-refractivity contribution in [1.29, 1.82) is 0 Å². The van der Waals surface area contributed by atoms with Crippen LogP contribution in [0.5, 0.6) is 0 Å². The number of fused-ring (bicyclic) bond motifs is 1. The van der Waals surface area contributed by atoms with E-state index in [4.69, 9.17) is 0 Å². The van der Waals surface area contributed by atoms with Gasteiger partial charge in [-0.3, -0.25) is 9.59 Å². The van der Waals surface area contributed by atoms with Gasteiger partial charge < -0.3 is 15.6 Å². The molecule has 2 amide bonds. The SMILES string of the molecule is O=C(NCc1ccccc1)C(=O)Nc1ccc2cc[nH]c2c1. The van der Waals surface area contributed by atoms with Crippen LogP contribution in [-0.2, 0) is 16.1 Å². The minimum absolute atomic E-state index is 0.322. The molecule has 3 rings (SSSR count). The molecule has 0 aliphatic heterocycles. The summed E-state index contributed by atoms with van der Waals surface area (Å²) in [7, 11) is 0. The number of carbonyl (C=O) groups excluding carboxylic acids is 2. The maximum absolute atomic E-state index is 11.9. The normalized spacial score (nSPS) is 10.4. The predicted octanol–water partition coefficient (Wildman–Crippen LogP) is 2.42. The molecule has 22 heavy (non-hydrogen) atoms. The first-order valence-electron chi connectivity index (χ1n) is 6.92. The summed E-state index contributed by atoms with van der Waals surface area (Å²) in [5, 5.41) is 6.23. The van der Waals surface area contributed by atoms with Crippen molar-refractivity contribution < 1.29 is 9.59 Å². The molecular weight excluding hydrogens is 278 g/mol. The van der Waals surface area contributed by atoms with E-state index in [-0.39, 0.29) is 0 Å². The van der Waals surface area contributed by atoms with Crippen LogP contribution in [0.2, 0.25) is 0 Å². The second-order valence-electron chi connectivity index (χ2n) is 4.90. The molecule has 0 fully saturated rings. The van der Waals surface area contributed by atoms with Gasteiger partial charge in [-0.15, -0.1) is 0 Å². The Morgan fingerprint density at radius 2 is 1.77 bits per heavy atom. The highest BCUT2D eigenvalue weighted by molar-refractivity contribution is 6.39. The lowest BCUT2D eigenvalue weighted by Gasteiger charge is -2.07. The number of aromatic amines is 1. The molecule has 3 aromatic rings. The number of H-pyrrole nitrogens is 1. The molecule has 0 spiro atoms. The van der Waals surface area contributed by atoms with Crippen molar-refractivity contribution in [1.82, 2.24) is 10.3 Å². The number of hydrogen-bond donors (Lipinski definition) is 3. The Labute approximate surface area is 127 Å². The summed E-state index contributed by atoms with van der Waals surface area (Å²) in [4.78, 5) is 26.7. The second-order valence-corrected chi connectivity index (χ2v) is 4.90. The molecule has 5 heteroatoms. The van der Waals surface area contributed by atoms with Crippen LogP contribution in [0.4, 0.5) is 5.69 Å². The summed E-state index contributed by atoms with van der Waals surface area (Å²) in [6.07, 6.45) is 1.82. The maximum atomic E-state index is 11.9. The summed E-state index contributed by atoms with van der Waals surface area (Å²) >= 11 is 0. The number of amides is 2. The third kappa shape index (κ3) is 3.15. The molecule has 5 nitrogen and oxygen atoms in total. The third-order valence-corrected chi connectivity index (χ3v) is 3.32. The van der Waals surface area contributed by atoms with Gasteiger partial charge in [-0.05, 0) is 29.1 Å². The molecule has 2 aromatic carbocycles. The van der Waals surface area contributed by atoms with Crippen LogP contribution < -0.4 is 10.6 Å². The Morgan fingerprint density at radius 1 is 0.955 bits per heavy atom. The number of benzene rings is 2. The van der Waals surface area contributed by atoms with Crippen LogP contribution in [0.15, 0.2) is 60.8 Å². The Bertz CT molecular complexity index is 809. The lowest BCUT2D eigenvalue weighted by Crippen LogP contribution is -2.34. The standard InChI is InChI=1S/C17H15N3O2/c21-16(19-11-12-4-2-1-3-5-12)17(22)20-14-7-6-13-8-9-18-15(13)10-14/h1-10,18H,11H2,(H,19,21)(H,20,22). The van der Waals surface area contributed by atoms with Crippen molar-refractivity contribution >= 4 is 28.4 Å². The van der Waals surface area contributed by atoms with Gasteiger partial charge in [-0.25, -0.2) is 0 Å². The van der Waals surface area contributed by atoms with Crippen molar-refractivity contribution in [2.45, 2.75) is 6.54 Å². The molecule has 0 aliphatic carbocycles. The number of aromatic nitrogens is 1. The summed E-state index contributed by atoms with van der Waals surface area (Å²) in [6, 6.07) is 16.8. The Morgan fingerprint density at radius 3 is 2.59 bits per heavy atom. The zero-order chi connectivity index (χ0) is 15.4. The van der Waals surface area contributed by atoms with Crippen LogP contribution in [0.1, 0.15) is 5.56 Å². The number of carbonyl (C=O) groups is 2. The van der Waals surface area contributed by atoms with Crippen LogP contribution in [0.25, 0.3) is 10.9 Å². The quantitative estimate of drug-likeness (QED) is 0.649. The van der Waals surface area contributed by atoms with Gasteiger partial charge in [-0.1, -0.05) is 36.4 Å². The lowest BCUT2D eigenvalue weighted by atomic mass is 10.2. The average Bonchev–Trinajstić information content (AvgIpc) is 3.01. The van der Waals surface area contributed by atoms with Crippen LogP contribution in [0.3, 0.4) is 0 Å². The highest BCUT2D eigenvalue weighted by Gasteiger charge is 2.13. The Kier molecular flexibility index (Phi) is 3.87. The van der Waals surface area contributed by atoms with Crippen LogP contribution >= 0.6 is 0 Å². The van der Waals surface area contributed by atoms with E-state index in [9.17, 15) is 9.59 Å². The first kappa shape index (κ1) is 13.9. The van der Waals surface area contributed by atoms with Gasteiger partial charge in [-0.2, -0.15) is 0 Å². The molecule has 0 saturated carbocycles. The monoisotopic (exact) mass is 293 g/mol. The molecule has 1 heterocycles. The van der Waals surface area contributed by atoms with Gasteiger partial charge in [0.25, 0.3) is 0 Å². The van der Waals surface area contributed by atoms with Gasteiger partial charge in [0.2, 0.25) is 0 Å². The second kappa shape index (κ2) is 6.13. The average molecular weight is 293 g/mol. The zero-order valence-corrected chi connectivity index (χ0v) is 11.8. The summed E-state index contributed by atoms with van der Waals surface area (Å²) in [5.41, 5.74) is 2.42. The zero-order valence-electron chi connectivity index (χ0n) is 11.8. The number of anilines is 1. The lowest BCUT2D eigenvalue weighted by molar-refractivity contribution is -0.136. The van der Waals surface area contributed by atoms with Gasteiger partial charge in [0.05, 0.1) is 0 Å². The molecule has 110 valence electrons. The highest BCUT2D eigenvalue weighted by atomic mass is 16.2. The van der Waals surface area contributed by atoms with Gasteiger partial charge in [0.15, 0.2) is 0 Å². The minimum atomic E-state index is -0.679. The maximum Gasteiger partial charge on any atom is 0.313 e. The molecule has 3 N–H and O–H groups in total. The van der Waals surface area contributed by atoms with Gasteiger partial charge in [0, 0.05) is 23.9 Å². The number of hydrogen-bond acceptors (Lipinski definition) is 2. The topological polar surface area (TPSA) is 74.0 Å². The predicted molar refractivity (Wildman–Crippen MR) is 85.2 cm³/mol. The highest BCUT2D eigenvalue weighted by Crippen LogP contribution is 2.17. The van der Waals surface area contributed by atoms with E-state index in [0.717, 1.165) is 16.5 Å². The molecule has 0 unspecified atom stereocenters. The number of nitrogens with one attached hydrogen (secondary N) is 3. The van der Waals surface area contributed by atoms with Crippen molar-refractivity contribution in [3.05, 3.63) is 66.4 Å². The van der Waals surface area contributed by atoms with Crippen LogP contribution in [0, 0.1) is 0 Å². The molecule has 0 atom stereocenters. The van der Waals surface area contributed by atoms with E-state index in [0.29, 0.717) is 12.2 Å². The molecule has 0 aliphatic rings. The van der Waals surface area contributed by atoms with Gasteiger partial charge >= 0.3 is 11.8 Å².